The summed E-state index contributed by atoms with van der Waals surface area (Å²) >= 11 is 1.60. The summed E-state index contributed by atoms with van der Waals surface area (Å²) in [5.74, 6) is -2.40. The summed E-state index contributed by atoms with van der Waals surface area (Å²) in [7, 11) is 0. The smallest absolute Gasteiger partial charge is 0.224 e. The van der Waals surface area contributed by atoms with Gasteiger partial charge in [-0.1, -0.05) is 82.1 Å². The number of carbonyl (C=O) groups excluding carboxylic acids is 6. The van der Waals surface area contributed by atoms with E-state index < -0.39 is 29.8 Å². The van der Waals surface area contributed by atoms with E-state index in [1.807, 2.05) is 75.5 Å². The molecular formula is C36H64N2O6S. The normalized spacial score (nSPS) is 16.4. The zero-order chi connectivity index (χ0) is 35.0. The van der Waals surface area contributed by atoms with E-state index in [4.69, 9.17) is 0 Å². The van der Waals surface area contributed by atoms with Crippen LogP contribution in [0.25, 0.3) is 0 Å². The van der Waals surface area contributed by atoms with Gasteiger partial charge in [0.1, 0.15) is 11.6 Å². The monoisotopic (exact) mass is 652 g/mol. The molecule has 0 saturated carbocycles. The highest BCUT2D eigenvalue weighted by atomic mass is 32.2. The van der Waals surface area contributed by atoms with Crippen molar-refractivity contribution in [2.45, 2.75) is 133 Å². The zero-order valence-electron chi connectivity index (χ0n) is 30.3. The lowest BCUT2D eigenvalue weighted by molar-refractivity contribution is -0.137. The van der Waals surface area contributed by atoms with E-state index in [9.17, 15) is 28.8 Å². The number of hydrogen-bond donors (Lipinski definition) is 2. The van der Waals surface area contributed by atoms with Gasteiger partial charge in [0.25, 0.3) is 0 Å². The van der Waals surface area contributed by atoms with Gasteiger partial charge in [0.15, 0.2) is 11.6 Å². The Bertz CT molecular complexity index is 979. The standard InChI is InChI=1S/C36H64N2O6S/c1-13-24(9)32(30(40)19-28(17-21(3)4)34(42)23(7)8)38-36(44)29(22(5)6)20-31(41)33(25(10)14-2)37-35(43)27(15-16-45-12)18-26(11)39/h21-25,27-29,32-33H,13-20H2,1-12H3,(H,37,43)(H,38,44). The van der Waals surface area contributed by atoms with Crippen molar-refractivity contribution in [2.24, 2.45) is 47.3 Å². The van der Waals surface area contributed by atoms with Crippen molar-refractivity contribution < 1.29 is 28.8 Å². The maximum Gasteiger partial charge on any atom is 0.224 e. The maximum atomic E-state index is 13.8. The average molecular weight is 653 g/mol. The molecule has 2 N–H and O–H groups in total. The minimum atomic E-state index is -0.786. The number of amides is 2. The Hall–Kier alpha value is -2.03. The van der Waals surface area contributed by atoms with Crippen molar-refractivity contribution in [1.82, 2.24) is 10.6 Å². The van der Waals surface area contributed by atoms with Crippen LogP contribution in [0.1, 0.15) is 121 Å². The summed E-state index contributed by atoms with van der Waals surface area (Å²) in [4.78, 5) is 79.3. The highest BCUT2D eigenvalue weighted by Gasteiger charge is 2.36. The van der Waals surface area contributed by atoms with E-state index in [-0.39, 0.29) is 83.8 Å². The van der Waals surface area contributed by atoms with Gasteiger partial charge >= 0.3 is 0 Å². The van der Waals surface area contributed by atoms with Crippen LogP contribution in [0.15, 0.2) is 0 Å². The lowest BCUT2D eigenvalue weighted by Gasteiger charge is -2.30. The molecule has 0 radical (unpaired) electrons. The second-order valence-electron chi connectivity index (χ2n) is 14.2. The first-order valence-electron chi connectivity index (χ1n) is 17.1. The molecule has 2 amide bonds. The molecule has 0 aromatic rings. The number of carbonyl (C=O) groups is 6. The fourth-order valence-electron chi connectivity index (χ4n) is 5.70. The van der Waals surface area contributed by atoms with Crippen molar-refractivity contribution in [3.8, 4) is 0 Å². The van der Waals surface area contributed by atoms with Gasteiger partial charge in [-0.15, -0.1) is 0 Å². The van der Waals surface area contributed by atoms with Crippen molar-refractivity contribution >= 4 is 46.7 Å². The van der Waals surface area contributed by atoms with Gasteiger partial charge in [0, 0.05) is 42.9 Å². The van der Waals surface area contributed by atoms with Crippen LogP contribution < -0.4 is 10.6 Å². The molecular weight excluding hydrogens is 588 g/mol. The average Bonchev–Trinajstić information content (AvgIpc) is 2.96. The molecule has 0 aliphatic heterocycles. The van der Waals surface area contributed by atoms with E-state index in [2.05, 4.69) is 10.6 Å². The van der Waals surface area contributed by atoms with Crippen molar-refractivity contribution in [2.75, 3.05) is 12.0 Å². The van der Waals surface area contributed by atoms with Gasteiger partial charge in [-0.3, -0.25) is 24.0 Å². The molecule has 0 saturated heterocycles. The van der Waals surface area contributed by atoms with Gasteiger partial charge in [0.2, 0.25) is 11.8 Å². The maximum absolute atomic E-state index is 13.8. The Morgan fingerprint density at radius 2 is 1.16 bits per heavy atom. The molecule has 0 aromatic carbocycles. The second-order valence-corrected chi connectivity index (χ2v) is 15.2. The zero-order valence-corrected chi connectivity index (χ0v) is 31.1. The molecule has 9 heteroatoms. The van der Waals surface area contributed by atoms with E-state index in [1.165, 1.54) is 6.92 Å². The minimum Gasteiger partial charge on any atom is -0.346 e. The van der Waals surface area contributed by atoms with Gasteiger partial charge in [-0.2, -0.15) is 11.8 Å². The Kier molecular flexibility index (Phi) is 20.7. The molecule has 0 fully saturated rings. The van der Waals surface area contributed by atoms with Gasteiger partial charge < -0.3 is 15.4 Å². The largest absolute Gasteiger partial charge is 0.346 e. The highest BCUT2D eigenvalue weighted by molar-refractivity contribution is 7.98. The molecule has 260 valence electrons. The molecule has 0 rings (SSSR count). The molecule has 0 heterocycles. The molecule has 0 aromatic heterocycles. The molecule has 8 nitrogen and oxygen atoms in total. The summed E-state index contributed by atoms with van der Waals surface area (Å²) in [5, 5.41) is 5.93. The number of hydrogen-bond acceptors (Lipinski definition) is 7. The first-order valence-corrected chi connectivity index (χ1v) is 18.5. The number of rotatable bonds is 24. The van der Waals surface area contributed by atoms with Crippen LogP contribution >= 0.6 is 11.8 Å². The van der Waals surface area contributed by atoms with E-state index >= 15 is 0 Å². The number of nitrogens with one attached hydrogen (secondary N) is 2. The third kappa shape index (κ3) is 15.4. The van der Waals surface area contributed by atoms with E-state index in [0.29, 0.717) is 25.7 Å². The fraction of sp³-hybridized carbons (Fsp3) is 0.833. The quantitative estimate of drug-likeness (QED) is 0.122. The molecule has 0 bridgehead atoms. The Labute approximate surface area is 278 Å². The summed E-state index contributed by atoms with van der Waals surface area (Å²) < 4.78 is 0. The summed E-state index contributed by atoms with van der Waals surface area (Å²) in [6.07, 6.45) is 4.53. The Morgan fingerprint density at radius 1 is 0.667 bits per heavy atom. The minimum absolute atomic E-state index is 0.0639. The fourth-order valence-corrected chi connectivity index (χ4v) is 6.22. The summed E-state index contributed by atoms with van der Waals surface area (Å²) in [5.41, 5.74) is 0. The molecule has 7 atom stereocenters. The van der Waals surface area contributed by atoms with E-state index in [0.717, 1.165) is 5.75 Å². The highest BCUT2D eigenvalue weighted by Crippen LogP contribution is 2.25. The van der Waals surface area contributed by atoms with Crippen LogP contribution in [0, 0.1) is 47.3 Å². The van der Waals surface area contributed by atoms with Gasteiger partial charge in [-0.25, -0.2) is 0 Å². The third-order valence-electron chi connectivity index (χ3n) is 9.03. The van der Waals surface area contributed by atoms with Crippen LogP contribution in [0.5, 0.6) is 0 Å². The molecule has 0 spiro atoms. The molecule has 0 aliphatic carbocycles. The SMILES string of the molecule is CCC(C)C(NC(=O)C(CCSC)CC(C)=O)C(=O)CC(C(=O)NC(C(=O)CC(CC(C)C)C(=O)C(C)C)C(C)CC)C(C)C. The summed E-state index contributed by atoms with van der Waals surface area (Å²) in [6.45, 7) is 20.7. The van der Waals surface area contributed by atoms with Crippen molar-refractivity contribution in [3.05, 3.63) is 0 Å². The predicted molar refractivity (Wildman–Crippen MR) is 185 cm³/mol. The van der Waals surface area contributed by atoms with Crippen molar-refractivity contribution in [1.29, 1.82) is 0 Å². The summed E-state index contributed by atoms with van der Waals surface area (Å²) in [6, 6.07) is -1.55. The predicted octanol–water partition coefficient (Wildman–Crippen LogP) is 6.47. The lowest BCUT2D eigenvalue weighted by Crippen LogP contribution is -2.51. The lowest BCUT2D eigenvalue weighted by atomic mass is 9.81. The second kappa shape index (κ2) is 21.7. The van der Waals surface area contributed by atoms with E-state index in [1.54, 1.807) is 11.8 Å². The number of thioether (sulfide) groups is 1. The molecule has 7 unspecified atom stereocenters. The van der Waals surface area contributed by atoms with Crippen molar-refractivity contribution in [3.63, 3.8) is 0 Å². The van der Waals surface area contributed by atoms with Gasteiger partial charge in [-0.05, 0) is 55.4 Å². The Morgan fingerprint density at radius 3 is 1.56 bits per heavy atom. The topological polar surface area (TPSA) is 126 Å². The first kappa shape index (κ1) is 43.0. The molecule has 45 heavy (non-hydrogen) atoms. The number of ketones is 4. The van der Waals surface area contributed by atoms with Gasteiger partial charge in [0.05, 0.1) is 12.1 Å². The van der Waals surface area contributed by atoms with Crippen LogP contribution in [-0.2, 0) is 28.8 Å². The number of Topliss-reactive ketones (excluding diaryl/α,β-unsaturated/α-hetero) is 4. The van der Waals surface area contributed by atoms with Crippen LogP contribution in [0.2, 0.25) is 0 Å². The van der Waals surface area contributed by atoms with Crippen LogP contribution in [0.3, 0.4) is 0 Å². The van der Waals surface area contributed by atoms with Crippen LogP contribution in [0.4, 0.5) is 0 Å². The molecule has 0 aliphatic rings. The third-order valence-corrected chi connectivity index (χ3v) is 9.67. The Balaban J connectivity index is 6.06. The first-order chi connectivity index (χ1) is 20.9. The van der Waals surface area contributed by atoms with Crippen LogP contribution in [-0.4, -0.2) is 59.0 Å².